The van der Waals surface area contributed by atoms with Gasteiger partial charge in [-0.3, -0.25) is 4.79 Å². The minimum Gasteiger partial charge on any atom is -0.340 e. The Morgan fingerprint density at radius 2 is 2.47 bits per heavy atom. The molecular formula is C11H16N2OS. The highest BCUT2D eigenvalue weighted by Crippen LogP contribution is 2.10. The van der Waals surface area contributed by atoms with E-state index in [1.54, 1.807) is 11.3 Å². The molecule has 0 spiro atoms. The van der Waals surface area contributed by atoms with Crippen LogP contribution < -0.4 is 5.32 Å². The van der Waals surface area contributed by atoms with Gasteiger partial charge in [0, 0.05) is 26.6 Å². The van der Waals surface area contributed by atoms with Crippen LogP contribution in [-0.2, 0) is 11.2 Å². The molecule has 0 unspecified atom stereocenters. The first kappa shape index (κ1) is 10.6. The quantitative estimate of drug-likeness (QED) is 0.831. The third-order valence-corrected chi connectivity index (χ3v) is 3.64. The number of aryl methyl sites for hydroxylation is 1. The van der Waals surface area contributed by atoms with Crippen molar-refractivity contribution >= 4 is 17.2 Å². The second-order valence-corrected chi connectivity index (χ2v) is 4.73. The molecule has 1 N–H and O–H groups in total. The van der Waals surface area contributed by atoms with Crippen molar-refractivity contribution in [2.24, 2.45) is 0 Å². The molecule has 1 aromatic rings. The van der Waals surface area contributed by atoms with Crippen LogP contribution in [0.1, 0.15) is 12.0 Å². The van der Waals surface area contributed by atoms with Gasteiger partial charge in [-0.15, -0.1) is 0 Å². The van der Waals surface area contributed by atoms with E-state index in [9.17, 15) is 4.79 Å². The highest BCUT2D eigenvalue weighted by atomic mass is 32.1. The minimum absolute atomic E-state index is 0.257. The molecule has 2 rings (SSSR count). The third kappa shape index (κ3) is 2.58. The Kier molecular flexibility index (Phi) is 3.38. The van der Waals surface area contributed by atoms with Gasteiger partial charge in [-0.1, -0.05) is 0 Å². The van der Waals surface area contributed by atoms with Gasteiger partial charge >= 0.3 is 0 Å². The first-order chi connectivity index (χ1) is 7.27. The van der Waals surface area contributed by atoms with Crippen LogP contribution in [-0.4, -0.2) is 37.0 Å². The number of rotatable bonds is 4. The fourth-order valence-electron chi connectivity index (χ4n) is 1.61. The number of amides is 1. The van der Waals surface area contributed by atoms with Crippen LogP contribution in [0.5, 0.6) is 0 Å². The number of nitrogens with zero attached hydrogens (tertiary/aromatic N) is 1. The zero-order chi connectivity index (χ0) is 10.7. The van der Waals surface area contributed by atoms with Crippen LogP contribution in [0.2, 0.25) is 0 Å². The highest BCUT2D eigenvalue weighted by Gasteiger charge is 2.24. The summed E-state index contributed by atoms with van der Waals surface area (Å²) in [6.07, 6.45) is 1.50. The first-order valence-corrected chi connectivity index (χ1v) is 6.19. The maximum Gasteiger partial charge on any atom is 0.222 e. The van der Waals surface area contributed by atoms with Gasteiger partial charge in [0.25, 0.3) is 0 Å². The molecule has 1 saturated heterocycles. The van der Waals surface area contributed by atoms with Crippen LogP contribution in [0.25, 0.3) is 0 Å². The van der Waals surface area contributed by atoms with Gasteiger partial charge in [0.05, 0.1) is 6.04 Å². The average molecular weight is 224 g/mol. The van der Waals surface area contributed by atoms with E-state index in [0.717, 1.165) is 19.5 Å². The van der Waals surface area contributed by atoms with E-state index in [1.807, 2.05) is 11.9 Å². The monoisotopic (exact) mass is 224 g/mol. The van der Waals surface area contributed by atoms with Crippen LogP contribution >= 0.6 is 11.3 Å². The van der Waals surface area contributed by atoms with Crippen molar-refractivity contribution in [1.82, 2.24) is 10.2 Å². The molecule has 0 radical (unpaired) electrons. The number of thiophene rings is 1. The normalized spacial score (nSPS) is 16.1. The predicted octanol–water partition coefficient (Wildman–Crippen LogP) is 1.11. The summed E-state index contributed by atoms with van der Waals surface area (Å²) in [5, 5.41) is 7.34. The Morgan fingerprint density at radius 3 is 3.00 bits per heavy atom. The molecule has 0 aromatic carbocycles. The zero-order valence-corrected chi connectivity index (χ0v) is 9.72. The summed E-state index contributed by atoms with van der Waals surface area (Å²) in [7, 11) is 1.90. The van der Waals surface area contributed by atoms with Crippen LogP contribution in [0.3, 0.4) is 0 Å². The Balaban J connectivity index is 1.76. The Bertz CT molecular complexity index is 319. The van der Waals surface area contributed by atoms with Crippen molar-refractivity contribution in [3.8, 4) is 0 Å². The zero-order valence-electron chi connectivity index (χ0n) is 8.90. The van der Waals surface area contributed by atoms with Crippen LogP contribution in [0.15, 0.2) is 16.8 Å². The van der Waals surface area contributed by atoms with E-state index in [4.69, 9.17) is 0 Å². The summed E-state index contributed by atoms with van der Waals surface area (Å²) >= 11 is 1.69. The molecule has 2 heterocycles. The molecule has 4 heteroatoms. The van der Waals surface area contributed by atoms with E-state index in [2.05, 4.69) is 22.1 Å². The summed E-state index contributed by atoms with van der Waals surface area (Å²) in [5.41, 5.74) is 1.27. The maximum absolute atomic E-state index is 11.8. The van der Waals surface area contributed by atoms with Crippen molar-refractivity contribution in [3.63, 3.8) is 0 Å². The summed E-state index contributed by atoms with van der Waals surface area (Å²) in [6, 6.07) is 2.50. The Hall–Kier alpha value is -0.870. The van der Waals surface area contributed by atoms with Gasteiger partial charge in [-0.05, 0) is 28.8 Å². The summed E-state index contributed by atoms with van der Waals surface area (Å²) in [4.78, 5) is 13.7. The number of likely N-dealkylation sites (N-methyl/N-ethyl adjacent to an activating group) is 1. The second kappa shape index (κ2) is 4.77. The molecule has 82 valence electrons. The largest absolute Gasteiger partial charge is 0.340 e. The number of hydrogen-bond donors (Lipinski definition) is 1. The molecule has 0 bridgehead atoms. The second-order valence-electron chi connectivity index (χ2n) is 3.95. The summed E-state index contributed by atoms with van der Waals surface area (Å²) in [5.74, 6) is 0.257. The molecular weight excluding hydrogens is 208 g/mol. The average Bonchev–Trinajstić information content (AvgIpc) is 2.63. The van der Waals surface area contributed by atoms with Crippen molar-refractivity contribution in [3.05, 3.63) is 22.4 Å². The SMILES string of the molecule is CN(C(=O)CCc1ccsc1)C1CNC1. The lowest BCUT2D eigenvalue weighted by atomic mass is 10.1. The van der Waals surface area contributed by atoms with Crippen molar-refractivity contribution in [2.45, 2.75) is 18.9 Å². The van der Waals surface area contributed by atoms with Crippen molar-refractivity contribution in [1.29, 1.82) is 0 Å². The fraction of sp³-hybridized carbons (Fsp3) is 0.545. The number of nitrogens with one attached hydrogen (secondary N) is 1. The van der Waals surface area contributed by atoms with Gasteiger partial charge < -0.3 is 10.2 Å². The minimum atomic E-state index is 0.257. The van der Waals surface area contributed by atoms with Gasteiger partial charge in [-0.2, -0.15) is 11.3 Å². The van der Waals surface area contributed by atoms with E-state index in [0.29, 0.717) is 12.5 Å². The predicted molar refractivity (Wildman–Crippen MR) is 62.1 cm³/mol. The lowest BCUT2D eigenvalue weighted by Crippen LogP contribution is -2.57. The molecule has 1 fully saturated rings. The standard InChI is InChI=1S/C11H16N2OS/c1-13(10-6-12-7-10)11(14)3-2-9-4-5-15-8-9/h4-5,8,10,12H,2-3,6-7H2,1H3. The number of carbonyl (C=O) groups excluding carboxylic acids is 1. The maximum atomic E-state index is 11.8. The molecule has 1 amide bonds. The van der Waals surface area contributed by atoms with Gasteiger partial charge in [0.2, 0.25) is 5.91 Å². The van der Waals surface area contributed by atoms with E-state index >= 15 is 0 Å². The van der Waals surface area contributed by atoms with Gasteiger partial charge in [0.1, 0.15) is 0 Å². The van der Waals surface area contributed by atoms with Crippen molar-refractivity contribution in [2.75, 3.05) is 20.1 Å². The molecule has 0 atom stereocenters. The molecule has 1 aliphatic rings. The summed E-state index contributed by atoms with van der Waals surface area (Å²) in [6.45, 7) is 1.89. The smallest absolute Gasteiger partial charge is 0.222 e. The number of hydrogen-bond acceptors (Lipinski definition) is 3. The van der Waals surface area contributed by atoms with E-state index in [-0.39, 0.29) is 5.91 Å². The lowest BCUT2D eigenvalue weighted by molar-refractivity contribution is -0.132. The highest BCUT2D eigenvalue weighted by molar-refractivity contribution is 7.07. The lowest BCUT2D eigenvalue weighted by Gasteiger charge is -2.35. The first-order valence-electron chi connectivity index (χ1n) is 5.25. The Morgan fingerprint density at radius 1 is 1.67 bits per heavy atom. The molecule has 1 aliphatic heterocycles. The molecule has 15 heavy (non-hydrogen) atoms. The molecule has 1 aromatic heterocycles. The molecule has 0 aliphatic carbocycles. The number of carbonyl (C=O) groups is 1. The summed E-state index contributed by atoms with van der Waals surface area (Å²) < 4.78 is 0. The Labute approximate surface area is 94.1 Å². The van der Waals surface area contributed by atoms with E-state index in [1.165, 1.54) is 5.56 Å². The third-order valence-electron chi connectivity index (χ3n) is 2.91. The van der Waals surface area contributed by atoms with Crippen LogP contribution in [0, 0.1) is 0 Å². The topological polar surface area (TPSA) is 32.3 Å². The fourth-order valence-corrected chi connectivity index (χ4v) is 2.32. The van der Waals surface area contributed by atoms with Gasteiger partial charge in [0.15, 0.2) is 0 Å². The van der Waals surface area contributed by atoms with Crippen molar-refractivity contribution < 1.29 is 4.79 Å². The molecule has 3 nitrogen and oxygen atoms in total. The molecule has 0 saturated carbocycles. The van der Waals surface area contributed by atoms with Gasteiger partial charge in [-0.25, -0.2) is 0 Å². The van der Waals surface area contributed by atoms with Crippen LogP contribution in [0.4, 0.5) is 0 Å². The van der Waals surface area contributed by atoms with E-state index < -0.39 is 0 Å².